The van der Waals surface area contributed by atoms with Gasteiger partial charge in [-0.15, -0.1) is 0 Å². The van der Waals surface area contributed by atoms with E-state index in [1.807, 2.05) is 0 Å². The minimum absolute atomic E-state index is 0.0592. The summed E-state index contributed by atoms with van der Waals surface area (Å²) in [6.45, 7) is 1.49. The van der Waals surface area contributed by atoms with E-state index in [9.17, 15) is 4.79 Å². The van der Waals surface area contributed by atoms with Gasteiger partial charge in [0.2, 0.25) is 0 Å². The zero-order chi connectivity index (χ0) is 8.43. The van der Waals surface area contributed by atoms with Gasteiger partial charge in [-0.05, 0) is 19.8 Å². The summed E-state index contributed by atoms with van der Waals surface area (Å²) in [6.07, 6.45) is 0.0273. The second-order valence-corrected chi connectivity index (χ2v) is 2.86. The van der Waals surface area contributed by atoms with E-state index < -0.39 is 12.1 Å². The summed E-state index contributed by atoms with van der Waals surface area (Å²) in [5, 5.41) is 17.3. The van der Waals surface area contributed by atoms with Crippen molar-refractivity contribution in [2.75, 3.05) is 0 Å². The summed E-state index contributed by atoms with van der Waals surface area (Å²) in [6, 6.07) is 0. The van der Waals surface area contributed by atoms with Crippen LogP contribution in [0.2, 0.25) is 0 Å². The van der Waals surface area contributed by atoms with Gasteiger partial charge >= 0.3 is 5.97 Å². The van der Waals surface area contributed by atoms with Crippen LogP contribution in [0.25, 0.3) is 0 Å². The third kappa shape index (κ3) is 2.17. The molecule has 1 atom stereocenters. The average molecular weight is 160 g/mol. The van der Waals surface area contributed by atoms with Gasteiger partial charge in [0, 0.05) is 0 Å². The maximum Gasteiger partial charge on any atom is 0.332 e. The highest BCUT2D eigenvalue weighted by Gasteiger charge is 2.30. The fourth-order valence-electron chi connectivity index (χ4n) is 0.996. The molecule has 0 spiro atoms. The maximum atomic E-state index is 10.3. The molecular formula is C7H12O4. The first-order valence-corrected chi connectivity index (χ1v) is 3.66. The Morgan fingerprint density at radius 1 is 1.64 bits per heavy atom. The lowest BCUT2D eigenvalue weighted by atomic mass is 9.92. The first-order chi connectivity index (χ1) is 5.09. The molecule has 0 aromatic rings. The van der Waals surface area contributed by atoms with Crippen molar-refractivity contribution in [2.24, 2.45) is 0 Å². The Morgan fingerprint density at radius 2 is 2.18 bits per heavy atom. The number of rotatable bonds is 3. The highest BCUT2D eigenvalue weighted by atomic mass is 16.5. The number of ether oxygens (including phenoxy) is 1. The molecule has 1 fully saturated rings. The van der Waals surface area contributed by atoms with E-state index in [2.05, 4.69) is 0 Å². The van der Waals surface area contributed by atoms with Crippen molar-refractivity contribution in [1.82, 2.24) is 0 Å². The summed E-state index contributed by atoms with van der Waals surface area (Å²) in [5.74, 6) is -0.952. The second kappa shape index (κ2) is 3.19. The molecule has 4 nitrogen and oxygen atoms in total. The van der Waals surface area contributed by atoms with Gasteiger partial charge in [0.05, 0.1) is 12.2 Å². The molecule has 0 heterocycles. The predicted octanol–water partition coefficient (Wildman–Crippen LogP) is -0.000600. The average Bonchev–Trinajstić information content (AvgIpc) is 1.84. The van der Waals surface area contributed by atoms with Crippen LogP contribution in [0.3, 0.4) is 0 Å². The lowest BCUT2D eigenvalue weighted by Gasteiger charge is -2.32. The Labute approximate surface area is 64.8 Å². The molecule has 11 heavy (non-hydrogen) atoms. The van der Waals surface area contributed by atoms with Crippen molar-refractivity contribution >= 4 is 5.97 Å². The first-order valence-electron chi connectivity index (χ1n) is 3.66. The Kier molecular flexibility index (Phi) is 2.46. The van der Waals surface area contributed by atoms with E-state index in [4.69, 9.17) is 14.9 Å². The largest absolute Gasteiger partial charge is 0.479 e. The number of aliphatic hydroxyl groups is 1. The van der Waals surface area contributed by atoms with Crippen LogP contribution in [0.15, 0.2) is 0 Å². The van der Waals surface area contributed by atoms with Crippen molar-refractivity contribution in [1.29, 1.82) is 0 Å². The van der Waals surface area contributed by atoms with Gasteiger partial charge in [-0.2, -0.15) is 0 Å². The second-order valence-electron chi connectivity index (χ2n) is 2.86. The molecule has 1 rings (SSSR count). The molecule has 0 aliphatic heterocycles. The fourth-order valence-corrected chi connectivity index (χ4v) is 0.996. The number of aliphatic carboxylic acids is 1. The third-order valence-electron chi connectivity index (χ3n) is 1.81. The number of carbonyl (C=O) groups is 1. The molecule has 4 heteroatoms. The molecule has 1 unspecified atom stereocenters. The normalized spacial score (nSPS) is 32.5. The fraction of sp³-hybridized carbons (Fsp3) is 0.857. The SMILES string of the molecule is CC(OC1CC(O)C1)C(=O)O. The van der Waals surface area contributed by atoms with E-state index in [1.165, 1.54) is 6.92 Å². The van der Waals surface area contributed by atoms with Gasteiger partial charge in [0.15, 0.2) is 6.10 Å². The van der Waals surface area contributed by atoms with Crippen molar-refractivity contribution in [2.45, 2.75) is 38.1 Å². The molecule has 0 bridgehead atoms. The molecule has 0 amide bonds. The van der Waals surface area contributed by atoms with E-state index in [1.54, 1.807) is 0 Å². The van der Waals surface area contributed by atoms with Crippen molar-refractivity contribution in [3.05, 3.63) is 0 Å². The van der Waals surface area contributed by atoms with Crippen molar-refractivity contribution in [3.8, 4) is 0 Å². The van der Waals surface area contributed by atoms with Gasteiger partial charge in [-0.1, -0.05) is 0 Å². The van der Waals surface area contributed by atoms with Crippen molar-refractivity contribution < 1.29 is 19.7 Å². The van der Waals surface area contributed by atoms with Crippen LogP contribution in [-0.4, -0.2) is 34.5 Å². The Balaban J connectivity index is 2.16. The highest BCUT2D eigenvalue weighted by Crippen LogP contribution is 2.23. The van der Waals surface area contributed by atoms with Crippen LogP contribution < -0.4 is 0 Å². The summed E-state index contributed by atoms with van der Waals surface area (Å²) in [4.78, 5) is 10.3. The predicted molar refractivity (Wildman–Crippen MR) is 37.2 cm³/mol. The van der Waals surface area contributed by atoms with E-state index >= 15 is 0 Å². The summed E-state index contributed by atoms with van der Waals surface area (Å²) in [7, 11) is 0. The summed E-state index contributed by atoms with van der Waals surface area (Å²) in [5.41, 5.74) is 0. The van der Waals surface area contributed by atoms with Crippen LogP contribution in [0.4, 0.5) is 0 Å². The van der Waals surface area contributed by atoms with Crippen LogP contribution >= 0.6 is 0 Å². The monoisotopic (exact) mass is 160 g/mol. The van der Waals surface area contributed by atoms with Crippen LogP contribution in [0.1, 0.15) is 19.8 Å². The zero-order valence-corrected chi connectivity index (χ0v) is 6.36. The molecule has 1 aliphatic carbocycles. The topological polar surface area (TPSA) is 66.8 Å². The van der Waals surface area contributed by atoms with E-state index in [-0.39, 0.29) is 12.2 Å². The standard InChI is InChI=1S/C7H12O4/c1-4(7(9)10)11-6-2-5(8)3-6/h4-6,8H,2-3H2,1H3,(H,9,10). The van der Waals surface area contributed by atoms with Crippen LogP contribution in [0, 0.1) is 0 Å². The molecule has 0 aromatic heterocycles. The van der Waals surface area contributed by atoms with E-state index in [0.29, 0.717) is 12.8 Å². The molecule has 1 saturated carbocycles. The summed E-state index contributed by atoms with van der Waals surface area (Å²) < 4.78 is 5.06. The molecule has 0 aromatic carbocycles. The van der Waals surface area contributed by atoms with Crippen LogP contribution in [0.5, 0.6) is 0 Å². The van der Waals surface area contributed by atoms with Gasteiger partial charge in [-0.25, -0.2) is 4.79 Å². The van der Waals surface area contributed by atoms with E-state index in [0.717, 1.165) is 0 Å². The molecule has 0 saturated heterocycles. The molecule has 1 aliphatic rings. The molecule has 64 valence electrons. The Hall–Kier alpha value is -0.610. The smallest absolute Gasteiger partial charge is 0.332 e. The van der Waals surface area contributed by atoms with Crippen LogP contribution in [-0.2, 0) is 9.53 Å². The first kappa shape index (κ1) is 8.49. The lowest BCUT2D eigenvalue weighted by Crippen LogP contribution is -2.39. The number of carboxylic acid groups (broad SMARTS) is 1. The Bertz CT molecular complexity index is 151. The Morgan fingerprint density at radius 3 is 2.55 bits per heavy atom. The number of hydrogen-bond donors (Lipinski definition) is 2. The van der Waals surface area contributed by atoms with Gasteiger partial charge in [0.1, 0.15) is 0 Å². The van der Waals surface area contributed by atoms with Gasteiger partial charge < -0.3 is 14.9 Å². The van der Waals surface area contributed by atoms with Crippen molar-refractivity contribution in [3.63, 3.8) is 0 Å². The number of aliphatic hydroxyl groups excluding tert-OH is 1. The third-order valence-corrected chi connectivity index (χ3v) is 1.81. The quantitative estimate of drug-likeness (QED) is 0.609. The number of carboxylic acids is 1. The van der Waals surface area contributed by atoms with Gasteiger partial charge in [0.25, 0.3) is 0 Å². The molecular weight excluding hydrogens is 148 g/mol. The molecule has 0 radical (unpaired) electrons. The molecule has 2 N–H and O–H groups in total. The minimum atomic E-state index is -0.952. The van der Waals surface area contributed by atoms with Gasteiger partial charge in [-0.3, -0.25) is 0 Å². The summed E-state index contributed by atoms with van der Waals surface area (Å²) >= 11 is 0. The number of hydrogen-bond acceptors (Lipinski definition) is 3. The zero-order valence-electron chi connectivity index (χ0n) is 6.36. The maximum absolute atomic E-state index is 10.3. The highest BCUT2D eigenvalue weighted by molar-refractivity contribution is 5.71. The lowest BCUT2D eigenvalue weighted by molar-refractivity contribution is -0.161. The minimum Gasteiger partial charge on any atom is -0.479 e.